The summed E-state index contributed by atoms with van der Waals surface area (Å²) in [6, 6.07) is 5.50. The van der Waals surface area contributed by atoms with Crippen LogP contribution in [0.3, 0.4) is 0 Å². The minimum absolute atomic E-state index is 0.548. The fourth-order valence-electron chi connectivity index (χ4n) is 1.91. The number of methoxy groups -OCH3 is 1. The van der Waals surface area contributed by atoms with Gasteiger partial charge in [-0.15, -0.1) is 0 Å². The van der Waals surface area contributed by atoms with Crippen molar-refractivity contribution in [3.05, 3.63) is 18.2 Å². The zero-order valence-electron chi connectivity index (χ0n) is 11.7. The van der Waals surface area contributed by atoms with E-state index in [0.29, 0.717) is 31.3 Å². The molecule has 0 spiro atoms. The van der Waals surface area contributed by atoms with Gasteiger partial charge in [0.1, 0.15) is 13.2 Å². The van der Waals surface area contributed by atoms with Crippen LogP contribution in [0.1, 0.15) is 6.42 Å². The highest BCUT2D eigenvalue weighted by molar-refractivity contribution is 7.85. The topological polar surface area (TPSA) is 56.8 Å². The molecule has 0 fully saturated rings. The standard InChI is InChI=1S/C14H21NO4S/c1-17-7-6-15-5-2-10-20(16)12-3-4-13-14(11-12)19-9-8-18-13/h3-4,11,15H,2,5-10H2,1H3. The SMILES string of the molecule is COCCNCCCS(=O)c1ccc2c(c1)OCCO2. The van der Waals surface area contributed by atoms with Crippen molar-refractivity contribution in [2.75, 3.05) is 45.8 Å². The molecule has 1 aliphatic heterocycles. The Morgan fingerprint density at radius 3 is 2.85 bits per heavy atom. The third-order valence-corrected chi connectivity index (χ3v) is 4.38. The molecule has 0 radical (unpaired) electrons. The number of hydrogen-bond donors (Lipinski definition) is 1. The molecule has 1 aromatic carbocycles. The maximum atomic E-state index is 12.2. The van der Waals surface area contributed by atoms with Gasteiger partial charge < -0.3 is 19.5 Å². The predicted octanol–water partition coefficient (Wildman–Crippen LogP) is 1.19. The van der Waals surface area contributed by atoms with Crippen molar-refractivity contribution in [3.63, 3.8) is 0 Å². The number of hydrogen-bond acceptors (Lipinski definition) is 5. The molecule has 2 rings (SSSR count). The Morgan fingerprint density at radius 2 is 2.05 bits per heavy atom. The normalized spacial score (nSPS) is 15.1. The second-order valence-electron chi connectivity index (χ2n) is 4.45. The molecule has 0 aromatic heterocycles. The quantitative estimate of drug-likeness (QED) is 0.731. The lowest BCUT2D eigenvalue weighted by atomic mass is 10.3. The molecule has 5 nitrogen and oxygen atoms in total. The molecule has 1 aliphatic rings. The van der Waals surface area contributed by atoms with Gasteiger partial charge in [0.05, 0.1) is 17.4 Å². The molecule has 0 saturated heterocycles. The molecule has 1 aromatic rings. The Hall–Kier alpha value is -1.11. The van der Waals surface area contributed by atoms with Crippen molar-refractivity contribution in [1.82, 2.24) is 5.32 Å². The predicted molar refractivity (Wildman–Crippen MR) is 78.1 cm³/mol. The van der Waals surface area contributed by atoms with Gasteiger partial charge >= 0.3 is 0 Å². The first-order valence-corrected chi connectivity index (χ1v) is 8.11. The van der Waals surface area contributed by atoms with Crippen LogP contribution in [-0.2, 0) is 15.5 Å². The molecule has 1 unspecified atom stereocenters. The van der Waals surface area contributed by atoms with E-state index in [-0.39, 0.29) is 0 Å². The van der Waals surface area contributed by atoms with E-state index in [4.69, 9.17) is 14.2 Å². The molecule has 1 N–H and O–H groups in total. The van der Waals surface area contributed by atoms with E-state index in [9.17, 15) is 4.21 Å². The zero-order valence-corrected chi connectivity index (χ0v) is 12.5. The Bertz CT molecular complexity index is 453. The average molecular weight is 299 g/mol. The van der Waals surface area contributed by atoms with E-state index in [1.54, 1.807) is 7.11 Å². The maximum Gasteiger partial charge on any atom is 0.162 e. The molecular weight excluding hydrogens is 278 g/mol. The van der Waals surface area contributed by atoms with Gasteiger partial charge in [-0.25, -0.2) is 0 Å². The second-order valence-corrected chi connectivity index (χ2v) is 6.02. The first kappa shape index (κ1) is 15.3. The Labute approximate surface area is 122 Å². The summed E-state index contributed by atoms with van der Waals surface area (Å²) in [7, 11) is 0.684. The molecule has 1 heterocycles. The van der Waals surface area contributed by atoms with Gasteiger partial charge in [0.15, 0.2) is 11.5 Å². The second kappa shape index (κ2) is 8.24. The highest BCUT2D eigenvalue weighted by Gasteiger charge is 2.13. The maximum absolute atomic E-state index is 12.2. The summed E-state index contributed by atoms with van der Waals surface area (Å²) in [5, 5.41) is 3.24. The fourth-order valence-corrected chi connectivity index (χ4v) is 3.01. The highest BCUT2D eigenvalue weighted by Crippen LogP contribution is 2.31. The third kappa shape index (κ3) is 4.47. The number of nitrogens with one attached hydrogen (secondary N) is 1. The average Bonchev–Trinajstić information content (AvgIpc) is 2.50. The van der Waals surface area contributed by atoms with E-state index in [0.717, 1.165) is 30.2 Å². The summed E-state index contributed by atoms with van der Waals surface area (Å²) in [5.41, 5.74) is 0. The van der Waals surface area contributed by atoms with Crippen molar-refractivity contribution in [2.24, 2.45) is 0 Å². The summed E-state index contributed by atoms with van der Waals surface area (Å²) in [6.07, 6.45) is 0.866. The van der Waals surface area contributed by atoms with Gasteiger partial charge in [0, 0.05) is 30.4 Å². The highest BCUT2D eigenvalue weighted by atomic mass is 32.2. The minimum atomic E-state index is -0.995. The molecule has 112 valence electrons. The van der Waals surface area contributed by atoms with Crippen molar-refractivity contribution in [3.8, 4) is 11.5 Å². The van der Waals surface area contributed by atoms with Crippen LogP contribution in [0.25, 0.3) is 0 Å². The van der Waals surface area contributed by atoms with Gasteiger partial charge in [-0.05, 0) is 25.1 Å². The Kier molecular flexibility index (Phi) is 6.29. The fraction of sp³-hybridized carbons (Fsp3) is 0.571. The Balaban J connectivity index is 1.77. The summed E-state index contributed by atoms with van der Waals surface area (Å²) < 4.78 is 28.1. The number of rotatable bonds is 8. The van der Waals surface area contributed by atoms with E-state index in [2.05, 4.69) is 5.32 Å². The van der Waals surface area contributed by atoms with Crippen LogP contribution in [0.5, 0.6) is 11.5 Å². The summed E-state index contributed by atoms with van der Waals surface area (Å²) in [5.74, 6) is 2.07. The van der Waals surface area contributed by atoms with Crippen LogP contribution in [0.4, 0.5) is 0 Å². The van der Waals surface area contributed by atoms with Crippen LogP contribution in [0, 0.1) is 0 Å². The smallest absolute Gasteiger partial charge is 0.162 e. The van der Waals surface area contributed by atoms with Crippen LogP contribution < -0.4 is 14.8 Å². The van der Waals surface area contributed by atoms with Crippen molar-refractivity contribution in [1.29, 1.82) is 0 Å². The van der Waals surface area contributed by atoms with Crippen molar-refractivity contribution >= 4 is 10.8 Å². The molecule has 20 heavy (non-hydrogen) atoms. The lowest BCUT2D eigenvalue weighted by Crippen LogP contribution is -2.21. The largest absolute Gasteiger partial charge is 0.486 e. The van der Waals surface area contributed by atoms with Gasteiger partial charge in [-0.2, -0.15) is 0 Å². The van der Waals surface area contributed by atoms with Crippen LogP contribution in [-0.4, -0.2) is 50.0 Å². The third-order valence-electron chi connectivity index (χ3n) is 2.94. The first-order valence-electron chi connectivity index (χ1n) is 6.79. The minimum Gasteiger partial charge on any atom is -0.486 e. The molecule has 0 amide bonds. The number of benzene rings is 1. The lowest BCUT2D eigenvalue weighted by molar-refractivity contribution is 0.171. The monoisotopic (exact) mass is 299 g/mol. The first-order chi connectivity index (χ1) is 9.81. The van der Waals surface area contributed by atoms with Crippen molar-refractivity contribution < 1.29 is 18.4 Å². The number of ether oxygens (including phenoxy) is 3. The van der Waals surface area contributed by atoms with Crippen LogP contribution in [0.15, 0.2) is 23.1 Å². The molecule has 0 bridgehead atoms. The molecule has 6 heteroatoms. The van der Waals surface area contributed by atoms with Gasteiger partial charge in [-0.3, -0.25) is 4.21 Å². The molecule has 0 saturated carbocycles. The van der Waals surface area contributed by atoms with E-state index < -0.39 is 10.8 Å². The molecule has 0 aliphatic carbocycles. The van der Waals surface area contributed by atoms with E-state index >= 15 is 0 Å². The Morgan fingerprint density at radius 1 is 1.25 bits per heavy atom. The summed E-state index contributed by atoms with van der Waals surface area (Å²) in [4.78, 5) is 0.797. The molecular formula is C14H21NO4S. The van der Waals surface area contributed by atoms with Gasteiger partial charge in [0.2, 0.25) is 0 Å². The van der Waals surface area contributed by atoms with Crippen LogP contribution in [0.2, 0.25) is 0 Å². The van der Waals surface area contributed by atoms with Crippen LogP contribution >= 0.6 is 0 Å². The van der Waals surface area contributed by atoms with Gasteiger partial charge in [-0.1, -0.05) is 0 Å². The summed E-state index contributed by atoms with van der Waals surface area (Å²) in [6.45, 7) is 3.49. The van der Waals surface area contributed by atoms with E-state index in [1.165, 1.54) is 0 Å². The van der Waals surface area contributed by atoms with Crippen molar-refractivity contribution in [2.45, 2.75) is 11.3 Å². The summed E-state index contributed by atoms with van der Waals surface area (Å²) >= 11 is 0. The zero-order chi connectivity index (χ0) is 14.2. The number of fused-ring (bicyclic) bond motifs is 1. The van der Waals surface area contributed by atoms with Gasteiger partial charge in [0.25, 0.3) is 0 Å². The van der Waals surface area contributed by atoms with E-state index in [1.807, 2.05) is 18.2 Å². The molecule has 1 atom stereocenters. The lowest BCUT2D eigenvalue weighted by Gasteiger charge is -2.18.